The molecule has 19 heavy (non-hydrogen) atoms. The Morgan fingerprint density at radius 1 is 1.21 bits per heavy atom. The minimum absolute atomic E-state index is 0.0925. The molecule has 1 aliphatic heterocycles. The Morgan fingerprint density at radius 2 is 2.05 bits per heavy atom. The van der Waals surface area contributed by atoms with Crippen LogP contribution in [0.4, 0.5) is 4.39 Å². The van der Waals surface area contributed by atoms with Crippen molar-refractivity contribution in [3.05, 3.63) is 63.9 Å². The lowest BCUT2D eigenvalue weighted by atomic mass is 9.93. The fraction of sp³-hybridized carbons (Fsp3) is 0.200. The molecule has 3 rings (SSSR count). The minimum Gasteiger partial charge on any atom is -0.485 e. The average Bonchev–Trinajstić information content (AvgIpc) is 2.38. The maximum absolute atomic E-state index is 13.3. The molecule has 2 aromatic carbocycles. The zero-order valence-corrected chi connectivity index (χ0v) is 11.7. The number of fused-ring (bicyclic) bond motifs is 1. The van der Waals surface area contributed by atoms with Gasteiger partial charge in [0.15, 0.2) is 0 Å². The normalized spacial score (nSPS) is 21.6. The zero-order valence-electron chi connectivity index (χ0n) is 10.1. The summed E-state index contributed by atoms with van der Waals surface area (Å²) in [6.45, 7) is 0. The summed E-state index contributed by atoms with van der Waals surface area (Å²) in [4.78, 5) is 0. The largest absolute Gasteiger partial charge is 0.485 e. The van der Waals surface area contributed by atoms with Crippen molar-refractivity contribution in [3.63, 3.8) is 0 Å². The van der Waals surface area contributed by atoms with Gasteiger partial charge in [-0.3, -0.25) is 0 Å². The van der Waals surface area contributed by atoms with Gasteiger partial charge in [0.1, 0.15) is 17.7 Å². The van der Waals surface area contributed by atoms with E-state index in [0.717, 1.165) is 21.3 Å². The van der Waals surface area contributed by atoms with E-state index in [0.29, 0.717) is 6.42 Å². The summed E-state index contributed by atoms with van der Waals surface area (Å²) in [7, 11) is 0. The molecular weight excluding hydrogens is 309 g/mol. The van der Waals surface area contributed by atoms with Crippen molar-refractivity contribution in [1.29, 1.82) is 0 Å². The first-order valence-electron chi connectivity index (χ1n) is 6.10. The van der Waals surface area contributed by atoms with Crippen LogP contribution in [0.25, 0.3) is 0 Å². The quantitative estimate of drug-likeness (QED) is 0.857. The first-order chi connectivity index (χ1) is 9.13. The van der Waals surface area contributed by atoms with E-state index in [2.05, 4.69) is 15.9 Å². The Hall–Kier alpha value is -1.39. The SMILES string of the molecule is NC1CC(c2cccc(F)c2)Oc2cc(Br)ccc21. The molecular formula is C15H13BrFNO. The van der Waals surface area contributed by atoms with Crippen LogP contribution in [-0.2, 0) is 0 Å². The van der Waals surface area contributed by atoms with Crippen molar-refractivity contribution in [1.82, 2.24) is 0 Å². The Bertz CT molecular complexity index is 617. The van der Waals surface area contributed by atoms with Gasteiger partial charge in [0, 0.05) is 22.5 Å². The lowest BCUT2D eigenvalue weighted by Crippen LogP contribution is -2.24. The molecule has 0 fully saturated rings. The van der Waals surface area contributed by atoms with Crippen molar-refractivity contribution in [2.24, 2.45) is 5.73 Å². The number of nitrogens with two attached hydrogens (primary N) is 1. The Balaban J connectivity index is 1.96. The summed E-state index contributed by atoms with van der Waals surface area (Å²) < 4.78 is 20.2. The molecule has 2 unspecified atom stereocenters. The van der Waals surface area contributed by atoms with Gasteiger partial charge in [0.05, 0.1) is 0 Å². The number of hydrogen-bond donors (Lipinski definition) is 1. The van der Waals surface area contributed by atoms with Crippen LogP contribution in [0.3, 0.4) is 0 Å². The second-order valence-electron chi connectivity index (χ2n) is 4.69. The molecule has 2 N–H and O–H groups in total. The maximum atomic E-state index is 13.3. The Morgan fingerprint density at radius 3 is 2.84 bits per heavy atom. The van der Waals surface area contributed by atoms with Gasteiger partial charge in [0.2, 0.25) is 0 Å². The predicted molar refractivity (Wildman–Crippen MR) is 75.5 cm³/mol. The molecule has 4 heteroatoms. The number of hydrogen-bond acceptors (Lipinski definition) is 2. The van der Waals surface area contributed by atoms with Crippen LogP contribution >= 0.6 is 15.9 Å². The highest BCUT2D eigenvalue weighted by Crippen LogP contribution is 2.40. The molecule has 0 aromatic heterocycles. The number of halogens is 2. The Kier molecular flexibility index (Phi) is 3.29. The molecule has 0 saturated carbocycles. The monoisotopic (exact) mass is 321 g/mol. The van der Waals surface area contributed by atoms with Gasteiger partial charge >= 0.3 is 0 Å². The molecule has 0 saturated heterocycles. The molecule has 0 aliphatic carbocycles. The van der Waals surface area contributed by atoms with Crippen LogP contribution in [-0.4, -0.2) is 0 Å². The van der Waals surface area contributed by atoms with Crippen molar-refractivity contribution in [2.45, 2.75) is 18.6 Å². The van der Waals surface area contributed by atoms with Gasteiger partial charge in [-0.2, -0.15) is 0 Å². The topological polar surface area (TPSA) is 35.2 Å². The fourth-order valence-corrected chi connectivity index (χ4v) is 2.73. The smallest absolute Gasteiger partial charge is 0.126 e. The second kappa shape index (κ2) is 4.94. The van der Waals surface area contributed by atoms with Crippen molar-refractivity contribution >= 4 is 15.9 Å². The van der Waals surface area contributed by atoms with Gasteiger partial charge in [-0.15, -0.1) is 0 Å². The van der Waals surface area contributed by atoms with Gasteiger partial charge in [-0.25, -0.2) is 4.39 Å². The van der Waals surface area contributed by atoms with E-state index in [9.17, 15) is 4.39 Å². The average molecular weight is 322 g/mol. The zero-order chi connectivity index (χ0) is 13.4. The number of ether oxygens (including phenoxy) is 1. The lowest BCUT2D eigenvalue weighted by Gasteiger charge is -2.30. The second-order valence-corrected chi connectivity index (χ2v) is 5.60. The summed E-state index contributed by atoms with van der Waals surface area (Å²) >= 11 is 3.42. The van der Waals surface area contributed by atoms with E-state index >= 15 is 0 Å². The van der Waals surface area contributed by atoms with E-state index in [1.54, 1.807) is 6.07 Å². The third-order valence-electron chi connectivity index (χ3n) is 3.33. The van der Waals surface area contributed by atoms with Crippen LogP contribution in [0.5, 0.6) is 5.75 Å². The highest BCUT2D eigenvalue weighted by molar-refractivity contribution is 9.10. The molecule has 0 bridgehead atoms. The fourth-order valence-electron chi connectivity index (χ4n) is 2.39. The van der Waals surface area contributed by atoms with E-state index in [1.807, 2.05) is 24.3 Å². The molecule has 98 valence electrons. The summed E-state index contributed by atoms with van der Waals surface area (Å²) in [5.41, 5.74) is 7.99. The summed E-state index contributed by atoms with van der Waals surface area (Å²) in [5, 5.41) is 0. The van der Waals surface area contributed by atoms with Crippen molar-refractivity contribution in [2.75, 3.05) is 0 Å². The summed E-state index contributed by atoms with van der Waals surface area (Å²) in [6.07, 6.45) is 0.449. The van der Waals surface area contributed by atoms with Gasteiger partial charge in [-0.05, 0) is 29.8 Å². The molecule has 1 heterocycles. The third-order valence-corrected chi connectivity index (χ3v) is 3.83. The molecule has 0 spiro atoms. The molecule has 0 amide bonds. The molecule has 1 aliphatic rings. The number of benzene rings is 2. The maximum Gasteiger partial charge on any atom is 0.126 e. The van der Waals surface area contributed by atoms with Gasteiger partial charge < -0.3 is 10.5 Å². The molecule has 2 atom stereocenters. The highest BCUT2D eigenvalue weighted by Gasteiger charge is 2.27. The van der Waals surface area contributed by atoms with E-state index in [1.165, 1.54) is 12.1 Å². The molecule has 2 nitrogen and oxygen atoms in total. The van der Waals surface area contributed by atoms with E-state index in [-0.39, 0.29) is 18.0 Å². The summed E-state index contributed by atoms with van der Waals surface area (Å²) in [5.74, 6) is 0.511. The third kappa shape index (κ3) is 2.51. The number of rotatable bonds is 1. The van der Waals surface area contributed by atoms with Crippen LogP contribution in [0, 0.1) is 5.82 Å². The first kappa shape index (κ1) is 12.6. The lowest BCUT2D eigenvalue weighted by molar-refractivity contribution is 0.161. The van der Waals surface area contributed by atoms with E-state index in [4.69, 9.17) is 10.5 Å². The van der Waals surface area contributed by atoms with Gasteiger partial charge in [-0.1, -0.05) is 34.1 Å². The minimum atomic E-state index is -0.255. The first-order valence-corrected chi connectivity index (χ1v) is 6.90. The van der Waals surface area contributed by atoms with Crippen LogP contribution < -0.4 is 10.5 Å². The molecule has 0 radical (unpaired) electrons. The predicted octanol–water partition coefficient (Wildman–Crippen LogP) is 4.11. The van der Waals surface area contributed by atoms with Crippen LogP contribution in [0.1, 0.15) is 29.7 Å². The van der Waals surface area contributed by atoms with Crippen LogP contribution in [0.15, 0.2) is 46.9 Å². The highest BCUT2D eigenvalue weighted by atomic mass is 79.9. The van der Waals surface area contributed by atoms with Crippen molar-refractivity contribution in [3.8, 4) is 5.75 Å². The van der Waals surface area contributed by atoms with Crippen LogP contribution in [0.2, 0.25) is 0 Å². The van der Waals surface area contributed by atoms with Gasteiger partial charge in [0.25, 0.3) is 0 Å². The summed E-state index contributed by atoms with van der Waals surface area (Å²) in [6, 6.07) is 12.2. The standard InChI is InChI=1S/C15H13BrFNO/c16-10-4-5-12-13(18)8-14(19-15(12)7-10)9-2-1-3-11(17)6-9/h1-7,13-14H,8,18H2. The van der Waals surface area contributed by atoms with Crippen molar-refractivity contribution < 1.29 is 9.13 Å². The van der Waals surface area contributed by atoms with E-state index < -0.39 is 0 Å². The molecule has 2 aromatic rings. The Labute approximate surface area is 119 Å².